The Labute approximate surface area is 158 Å². The summed E-state index contributed by atoms with van der Waals surface area (Å²) < 4.78 is 28.1. The molecule has 1 atom stereocenters. The summed E-state index contributed by atoms with van der Waals surface area (Å²) in [5.41, 5.74) is 2.02. The van der Waals surface area contributed by atoms with Gasteiger partial charge in [-0.25, -0.2) is 8.42 Å². The largest absolute Gasteiger partial charge is 0.295 e. The van der Waals surface area contributed by atoms with Gasteiger partial charge in [-0.15, -0.1) is 11.3 Å². The number of sulfonamides is 1. The highest BCUT2D eigenvalue weighted by Gasteiger charge is 2.45. The first-order chi connectivity index (χ1) is 12.5. The van der Waals surface area contributed by atoms with Gasteiger partial charge in [0.25, 0.3) is 10.0 Å². The van der Waals surface area contributed by atoms with E-state index >= 15 is 0 Å². The van der Waals surface area contributed by atoms with Crippen LogP contribution in [0.25, 0.3) is 0 Å². The number of benzene rings is 1. The lowest BCUT2D eigenvalue weighted by atomic mass is 9.66. The Morgan fingerprint density at radius 3 is 2.62 bits per heavy atom. The predicted molar refractivity (Wildman–Crippen MR) is 103 cm³/mol. The van der Waals surface area contributed by atoms with Gasteiger partial charge in [0.15, 0.2) is 5.78 Å². The van der Waals surface area contributed by atoms with Crippen molar-refractivity contribution in [2.24, 2.45) is 5.41 Å². The summed E-state index contributed by atoms with van der Waals surface area (Å²) in [6.07, 6.45) is 4.38. The van der Waals surface area contributed by atoms with Gasteiger partial charge < -0.3 is 0 Å². The van der Waals surface area contributed by atoms with Crippen molar-refractivity contribution in [2.75, 3.05) is 13.1 Å². The fraction of sp³-hybridized carbons (Fsp3) is 0.350. The van der Waals surface area contributed by atoms with Crippen LogP contribution < -0.4 is 0 Å². The van der Waals surface area contributed by atoms with Crippen molar-refractivity contribution in [3.05, 3.63) is 65.1 Å². The number of carbonyl (C=O) groups excluding carboxylic acids is 1. The van der Waals surface area contributed by atoms with Gasteiger partial charge in [-0.2, -0.15) is 4.31 Å². The molecule has 0 saturated carbocycles. The van der Waals surface area contributed by atoms with E-state index in [0.717, 1.165) is 12.0 Å². The van der Waals surface area contributed by atoms with Gasteiger partial charge in [0.2, 0.25) is 0 Å². The molecule has 0 amide bonds. The Morgan fingerprint density at radius 1 is 1.08 bits per heavy atom. The van der Waals surface area contributed by atoms with E-state index in [0.29, 0.717) is 36.6 Å². The van der Waals surface area contributed by atoms with Crippen molar-refractivity contribution in [1.29, 1.82) is 0 Å². The molecule has 2 heterocycles. The van der Waals surface area contributed by atoms with Crippen molar-refractivity contribution in [3.8, 4) is 0 Å². The topological polar surface area (TPSA) is 54.5 Å². The maximum atomic E-state index is 13.0. The number of ketones is 1. The highest BCUT2D eigenvalue weighted by atomic mass is 32.2. The molecular formula is C20H21NO3S2. The molecule has 1 aliphatic carbocycles. The number of rotatable bonds is 4. The van der Waals surface area contributed by atoms with Crippen molar-refractivity contribution in [1.82, 2.24) is 4.31 Å². The minimum atomic E-state index is -3.47. The predicted octanol–water partition coefficient (Wildman–Crippen LogP) is 3.66. The first-order valence-corrected chi connectivity index (χ1v) is 11.1. The number of piperidine rings is 1. The normalized spacial score (nSPS) is 24.2. The molecule has 0 spiro atoms. The molecule has 0 bridgehead atoms. The van der Waals surface area contributed by atoms with Gasteiger partial charge in [-0.05, 0) is 42.3 Å². The highest BCUT2D eigenvalue weighted by molar-refractivity contribution is 7.91. The van der Waals surface area contributed by atoms with Crippen LogP contribution in [-0.2, 0) is 21.2 Å². The zero-order valence-electron chi connectivity index (χ0n) is 14.4. The van der Waals surface area contributed by atoms with E-state index in [1.54, 1.807) is 27.9 Å². The summed E-state index contributed by atoms with van der Waals surface area (Å²) in [6.45, 7) is 0.886. The average molecular weight is 388 g/mol. The average Bonchev–Trinajstić information content (AvgIpc) is 3.18. The summed E-state index contributed by atoms with van der Waals surface area (Å²) in [5.74, 6) is 0.165. The summed E-state index contributed by atoms with van der Waals surface area (Å²) in [6, 6.07) is 13.6. The number of thiophene rings is 1. The fourth-order valence-corrected chi connectivity index (χ4v) is 6.78. The number of hydrogen-bond donors (Lipinski definition) is 0. The number of carbonyl (C=O) groups is 1. The van der Waals surface area contributed by atoms with Crippen molar-refractivity contribution >= 4 is 27.1 Å². The standard InChI is InChI=1S/C20H21NO3S2/c22-18-8-10-20(14-16-5-2-1-3-6-16)15-21(11-9-17(20)13-18)26(23,24)19-7-4-12-25-19/h1-7,12-13H,8-11,14-15H2. The molecule has 2 aliphatic rings. The second-order valence-corrected chi connectivity index (χ2v) is 10.2. The Balaban J connectivity index is 1.70. The minimum absolute atomic E-state index is 0.165. The molecule has 1 fully saturated rings. The smallest absolute Gasteiger partial charge is 0.252 e. The van der Waals surface area contributed by atoms with Gasteiger partial charge in [-0.1, -0.05) is 42.0 Å². The van der Waals surface area contributed by atoms with E-state index in [1.807, 2.05) is 18.2 Å². The number of allylic oxidation sites excluding steroid dienone is 1. The van der Waals surface area contributed by atoms with Crippen LogP contribution in [0.1, 0.15) is 24.8 Å². The maximum absolute atomic E-state index is 13.0. The van der Waals surface area contributed by atoms with E-state index in [1.165, 1.54) is 16.9 Å². The van der Waals surface area contributed by atoms with Gasteiger partial charge in [0.05, 0.1) is 0 Å². The molecule has 1 unspecified atom stereocenters. The second kappa shape index (κ2) is 6.76. The van der Waals surface area contributed by atoms with Crippen LogP contribution in [-0.4, -0.2) is 31.6 Å². The van der Waals surface area contributed by atoms with Crippen LogP contribution in [0.4, 0.5) is 0 Å². The van der Waals surface area contributed by atoms with Crippen LogP contribution in [0.15, 0.2) is 63.7 Å². The van der Waals surface area contributed by atoms with Crippen LogP contribution in [0.2, 0.25) is 0 Å². The monoisotopic (exact) mass is 387 g/mol. The molecule has 1 saturated heterocycles. The van der Waals surface area contributed by atoms with E-state index in [4.69, 9.17) is 0 Å². The molecule has 0 N–H and O–H groups in total. The van der Waals surface area contributed by atoms with Crippen LogP contribution in [0, 0.1) is 5.41 Å². The molecular weight excluding hydrogens is 366 g/mol. The first kappa shape index (κ1) is 17.6. The van der Waals surface area contributed by atoms with Gasteiger partial charge in [0, 0.05) is 24.9 Å². The van der Waals surface area contributed by atoms with E-state index < -0.39 is 10.0 Å². The Morgan fingerprint density at radius 2 is 1.88 bits per heavy atom. The molecule has 4 nitrogen and oxygen atoms in total. The Bertz CT molecular complexity index is 933. The fourth-order valence-electron chi connectivity index (χ4n) is 4.11. The third-order valence-corrected chi connectivity index (χ3v) is 8.67. The van der Waals surface area contributed by atoms with E-state index in [2.05, 4.69) is 12.1 Å². The van der Waals surface area contributed by atoms with Crippen LogP contribution in [0.5, 0.6) is 0 Å². The lowest BCUT2D eigenvalue weighted by molar-refractivity contribution is -0.116. The van der Waals surface area contributed by atoms with Crippen molar-refractivity contribution in [2.45, 2.75) is 29.9 Å². The van der Waals surface area contributed by atoms with Gasteiger partial charge >= 0.3 is 0 Å². The van der Waals surface area contributed by atoms with Crippen LogP contribution >= 0.6 is 11.3 Å². The zero-order chi connectivity index (χ0) is 18.2. The highest BCUT2D eigenvalue weighted by Crippen LogP contribution is 2.46. The third kappa shape index (κ3) is 3.17. The second-order valence-electron chi connectivity index (χ2n) is 7.10. The maximum Gasteiger partial charge on any atom is 0.252 e. The number of fused-ring (bicyclic) bond motifs is 1. The molecule has 1 aromatic heterocycles. The Hall–Kier alpha value is -1.76. The summed E-state index contributed by atoms with van der Waals surface area (Å²) in [4.78, 5) is 12.0. The molecule has 26 heavy (non-hydrogen) atoms. The molecule has 0 radical (unpaired) electrons. The molecule has 1 aromatic carbocycles. The lowest BCUT2D eigenvalue weighted by Gasteiger charge is -2.46. The van der Waals surface area contributed by atoms with Crippen LogP contribution in [0.3, 0.4) is 0 Å². The summed E-state index contributed by atoms with van der Waals surface area (Å²) in [5, 5.41) is 1.79. The van der Waals surface area contributed by atoms with Gasteiger partial charge in [-0.3, -0.25) is 4.79 Å². The van der Waals surface area contributed by atoms with E-state index in [-0.39, 0.29) is 11.2 Å². The number of hydrogen-bond acceptors (Lipinski definition) is 4. The summed E-state index contributed by atoms with van der Waals surface area (Å²) >= 11 is 1.26. The molecule has 1 aliphatic heterocycles. The van der Waals surface area contributed by atoms with Crippen molar-refractivity contribution < 1.29 is 13.2 Å². The first-order valence-electron chi connectivity index (χ1n) is 8.81. The zero-order valence-corrected chi connectivity index (χ0v) is 16.1. The van der Waals surface area contributed by atoms with E-state index in [9.17, 15) is 13.2 Å². The molecule has 4 rings (SSSR count). The Kier molecular flexibility index (Phi) is 4.59. The SMILES string of the molecule is O=C1C=C2CCN(S(=O)(=O)c3cccs3)CC2(Cc2ccccc2)CC1. The molecule has 136 valence electrons. The summed E-state index contributed by atoms with van der Waals surface area (Å²) in [7, 11) is -3.47. The molecule has 2 aromatic rings. The quantitative estimate of drug-likeness (QED) is 0.804. The number of nitrogens with zero attached hydrogens (tertiary/aromatic N) is 1. The third-order valence-electron chi connectivity index (χ3n) is 5.45. The van der Waals surface area contributed by atoms with Gasteiger partial charge in [0.1, 0.15) is 4.21 Å². The minimum Gasteiger partial charge on any atom is -0.295 e. The lowest BCUT2D eigenvalue weighted by Crippen LogP contribution is -2.49. The van der Waals surface area contributed by atoms with Crippen molar-refractivity contribution in [3.63, 3.8) is 0 Å². The molecule has 6 heteroatoms.